The Labute approximate surface area is 183 Å². The molecule has 0 bridgehead atoms. The molecule has 6 nitrogen and oxygen atoms in total. The number of nitriles is 1. The number of benzene rings is 2. The maximum Gasteiger partial charge on any atom is 0.266 e. The first-order valence-corrected chi connectivity index (χ1v) is 10.7. The summed E-state index contributed by atoms with van der Waals surface area (Å²) in [4.78, 5) is 30.4. The van der Waals surface area contributed by atoms with E-state index in [4.69, 9.17) is 11.6 Å². The number of carbonyl (C=O) groups is 1. The summed E-state index contributed by atoms with van der Waals surface area (Å²) in [7, 11) is 0. The van der Waals surface area contributed by atoms with Gasteiger partial charge in [0.25, 0.3) is 5.56 Å². The number of hydrogen-bond donors (Lipinski definition) is 1. The van der Waals surface area contributed by atoms with E-state index in [0.717, 1.165) is 11.8 Å². The Morgan fingerprint density at radius 1 is 1.27 bits per heavy atom. The lowest BCUT2D eigenvalue weighted by Crippen LogP contribution is -2.49. The highest BCUT2D eigenvalue weighted by atomic mass is 35.5. The van der Waals surface area contributed by atoms with Crippen molar-refractivity contribution in [3.63, 3.8) is 0 Å². The van der Waals surface area contributed by atoms with Gasteiger partial charge in [-0.15, -0.1) is 0 Å². The van der Waals surface area contributed by atoms with Gasteiger partial charge in [-0.25, -0.2) is 4.98 Å². The molecule has 1 unspecified atom stereocenters. The minimum Gasteiger partial charge on any atom is -0.337 e. The Morgan fingerprint density at radius 3 is 2.60 bits per heavy atom. The van der Waals surface area contributed by atoms with Crippen LogP contribution in [-0.4, -0.2) is 26.8 Å². The molecule has 8 heteroatoms. The Kier molecular flexibility index (Phi) is 6.49. The molecule has 0 aliphatic rings. The van der Waals surface area contributed by atoms with Crippen molar-refractivity contribution in [2.45, 2.75) is 31.5 Å². The summed E-state index contributed by atoms with van der Waals surface area (Å²) in [5.74, 6) is -0.374. The summed E-state index contributed by atoms with van der Waals surface area (Å²) in [6.07, 6.45) is 0. The fraction of sp³-hybridized carbons (Fsp3) is 0.273. The largest absolute Gasteiger partial charge is 0.337 e. The number of nitrogens with one attached hydrogen (secondary N) is 1. The number of rotatable bonds is 6. The van der Waals surface area contributed by atoms with Gasteiger partial charge in [-0.1, -0.05) is 61.5 Å². The van der Waals surface area contributed by atoms with Crippen molar-refractivity contribution < 1.29 is 4.79 Å². The van der Waals surface area contributed by atoms with Crippen molar-refractivity contribution in [3.8, 4) is 11.8 Å². The van der Waals surface area contributed by atoms with Gasteiger partial charge in [0.05, 0.1) is 33.4 Å². The third-order valence-electron chi connectivity index (χ3n) is 4.96. The lowest BCUT2D eigenvalue weighted by Gasteiger charge is -2.27. The maximum atomic E-state index is 13.2. The second-order valence-corrected chi connectivity index (χ2v) is 8.66. The third-order valence-corrected chi connectivity index (χ3v) is 6.21. The average molecular weight is 441 g/mol. The van der Waals surface area contributed by atoms with Crippen LogP contribution in [0.4, 0.5) is 0 Å². The molecule has 0 saturated heterocycles. The molecule has 1 heterocycles. The second-order valence-electron chi connectivity index (χ2n) is 7.31. The van der Waals surface area contributed by atoms with E-state index in [1.807, 2.05) is 13.8 Å². The monoisotopic (exact) mass is 440 g/mol. The minimum absolute atomic E-state index is 0.000771. The number of carbonyl (C=O) groups excluding carboxylic acids is 1. The molecule has 30 heavy (non-hydrogen) atoms. The van der Waals surface area contributed by atoms with Crippen molar-refractivity contribution in [1.29, 1.82) is 5.26 Å². The number of aromatic nitrogens is 2. The molecule has 0 aliphatic carbocycles. The topological polar surface area (TPSA) is 87.8 Å². The standard InChI is InChI=1S/C22H21ClN4O2S/c1-14(2)22(3,13-24)26-19(28)12-30-21-25-17-10-6-4-8-15(17)20(29)27(21)18-11-7-5-9-16(18)23/h4-11,14H,12H2,1-3H3,(H,26,28). The van der Waals surface area contributed by atoms with Crippen molar-refractivity contribution in [3.05, 3.63) is 63.9 Å². The van der Waals surface area contributed by atoms with Crippen molar-refractivity contribution in [1.82, 2.24) is 14.9 Å². The predicted octanol–water partition coefficient (Wildman–Crippen LogP) is 4.19. The smallest absolute Gasteiger partial charge is 0.266 e. The molecule has 0 saturated carbocycles. The average Bonchev–Trinajstić information content (AvgIpc) is 2.73. The van der Waals surface area contributed by atoms with Crippen LogP contribution >= 0.6 is 23.4 Å². The number of hydrogen-bond acceptors (Lipinski definition) is 5. The highest BCUT2D eigenvalue weighted by Gasteiger charge is 2.30. The lowest BCUT2D eigenvalue weighted by molar-refractivity contribution is -0.120. The second kappa shape index (κ2) is 8.90. The lowest BCUT2D eigenvalue weighted by atomic mass is 9.90. The quantitative estimate of drug-likeness (QED) is 0.458. The zero-order valence-corrected chi connectivity index (χ0v) is 18.4. The zero-order valence-electron chi connectivity index (χ0n) is 16.8. The SMILES string of the molecule is CC(C)C(C)(C#N)NC(=O)CSc1nc2ccccc2c(=O)n1-c1ccccc1Cl. The van der Waals surface area contributed by atoms with Gasteiger partial charge >= 0.3 is 0 Å². The predicted molar refractivity (Wildman–Crippen MR) is 120 cm³/mol. The Morgan fingerprint density at radius 2 is 1.93 bits per heavy atom. The first-order chi connectivity index (χ1) is 14.3. The van der Waals surface area contributed by atoms with E-state index >= 15 is 0 Å². The van der Waals surface area contributed by atoms with Crippen LogP contribution in [0.25, 0.3) is 16.6 Å². The van der Waals surface area contributed by atoms with Crippen LogP contribution in [0.15, 0.2) is 58.5 Å². The van der Waals surface area contributed by atoms with Gasteiger partial charge in [0.2, 0.25) is 5.91 Å². The summed E-state index contributed by atoms with van der Waals surface area (Å²) in [5.41, 5.74) is -0.204. The molecule has 154 valence electrons. The van der Waals surface area contributed by atoms with E-state index in [1.165, 1.54) is 4.57 Å². The number of nitrogens with zero attached hydrogens (tertiary/aromatic N) is 3. The summed E-state index contributed by atoms with van der Waals surface area (Å²) in [5, 5.41) is 13.4. The van der Waals surface area contributed by atoms with Gasteiger partial charge in [-0.3, -0.25) is 14.2 Å². The molecule has 1 amide bonds. The normalized spacial score (nSPS) is 13.1. The highest BCUT2D eigenvalue weighted by Crippen LogP contribution is 2.26. The van der Waals surface area contributed by atoms with E-state index in [9.17, 15) is 14.9 Å². The molecular weight excluding hydrogens is 420 g/mol. The van der Waals surface area contributed by atoms with E-state index in [2.05, 4.69) is 16.4 Å². The molecule has 0 fully saturated rings. The van der Waals surface area contributed by atoms with Crippen LogP contribution in [0.1, 0.15) is 20.8 Å². The highest BCUT2D eigenvalue weighted by molar-refractivity contribution is 7.99. The van der Waals surface area contributed by atoms with Crippen LogP contribution in [0, 0.1) is 17.2 Å². The number of fused-ring (bicyclic) bond motifs is 1. The van der Waals surface area contributed by atoms with Gasteiger partial charge in [0.15, 0.2) is 5.16 Å². The number of amides is 1. The van der Waals surface area contributed by atoms with Crippen LogP contribution in [0.2, 0.25) is 5.02 Å². The maximum absolute atomic E-state index is 13.2. The van der Waals surface area contributed by atoms with Crippen molar-refractivity contribution in [2.75, 3.05) is 5.75 Å². The van der Waals surface area contributed by atoms with Gasteiger partial charge in [0.1, 0.15) is 5.54 Å². The number of thioether (sulfide) groups is 1. The molecule has 0 aliphatic heterocycles. The van der Waals surface area contributed by atoms with Crippen LogP contribution in [0.5, 0.6) is 0 Å². The van der Waals surface area contributed by atoms with Crippen LogP contribution < -0.4 is 10.9 Å². The Bertz CT molecular complexity index is 1200. The molecule has 1 aromatic heterocycles. The summed E-state index contributed by atoms with van der Waals surface area (Å²) >= 11 is 7.47. The van der Waals surface area contributed by atoms with Gasteiger partial charge in [-0.05, 0) is 37.1 Å². The van der Waals surface area contributed by atoms with Crippen LogP contribution in [-0.2, 0) is 4.79 Å². The van der Waals surface area contributed by atoms with Gasteiger partial charge < -0.3 is 5.32 Å². The molecule has 3 aromatic rings. The molecule has 1 atom stereocenters. The van der Waals surface area contributed by atoms with Gasteiger partial charge in [-0.2, -0.15) is 5.26 Å². The Hall–Kier alpha value is -2.82. The summed E-state index contributed by atoms with van der Waals surface area (Å²) < 4.78 is 1.43. The molecule has 0 radical (unpaired) electrons. The zero-order chi connectivity index (χ0) is 21.9. The Balaban J connectivity index is 2.00. The fourth-order valence-corrected chi connectivity index (χ4v) is 3.84. The molecule has 1 N–H and O–H groups in total. The van der Waals surface area contributed by atoms with E-state index < -0.39 is 5.54 Å². The van der Waals surface area contributed by atoms with E-state index in [-0.39, 0.29) is 23.1 Å². The molecule has 2 aromatic carbocycles. The minimum atomic E-state index is -0.975. The number of para-hydroxylation sites is 2. The summed E-state index contributed by atoms with van der Waals surface area (Å²) in [6.45, 7) is 5.43. The van der Waals surface area contributed by atoms with E-state index in [0.29, 0.717) is 26.8 Å². The van der Waals surface area contributed by atoms with Crippen molar-refractivity contribution in [2.24, 2.45) is 5.92 Å². The number of halogens is 1. The molecule has 0 spiro atoms. The molecule has 3 rings (SSSR count). The fourth-order valence-electron chi connectivity index (χ4n) is 2.81. The van der Waals surface area contributed by atoms with Crippen LogP contribution in [0.3, 0.4) is 0 Å². The van der Waals surface area contributed by atoms with Gasteiger partial charge in [0, 0.05) is 0 Å². The molecular formula is C22H21ClN4O2S. The summed E-state index contributed by atoms with van der Waals surface area (Å²) in [6, 6.07) is 16.2. The first kappa shape index (κ1) is 21.9. The first-order valence-electron chi connectivity index (χ1n) is 9.38. The van der Waals surface area contributed by atoms with Crippen molar-refractivity contribution >= 4 is 40.2 Å². The third kappa shape index (κ3) is 4.35. The van der Waals surface area contributed by atoms with E-state index in [1.54, 1.807) is 55.5 Å².